The second kappa shape index (κ2) is 4.19. The third kappa shape index (κ3) is 1.98. The van der Waals surface area contributed by atoms with Crippen LogP contribution in [-0.4, -0.2) is 31.5 Å². The van der Waals surface area contributed by atoms with Gasteiger partial charge in [-0.15, -0.1) is 0 Å². The first kappa shape index (κ1) is 12.2. The molecule has 6 heteroatoms. The summed E-state index contributed by atoms with van der Waals surface area (Å²) in [5.74, 6) is -0.667. The molecule has 0 fully saturated rings. The van der Waals surface area contributed by atoms with Crippen molar-refractivity contribution in [3.05, 3.63) is 34.7 Å². The van der Waals surface area contributed by atoms with Gasteiger partial charge < -0.3 is 5.11 Å². The third-order valence-electron chi connectivity index (χ3n) is 2.47. The van der Waals surface area contributed by atoms with E-state index in [4.69, 9.17) is 5.11 Å². The second-order valence-corrected chi connectivity index (χ2v) is 6.21. The van der Waals surface area contributed by atoms with Crippen LogP contribution in [0.5, 0.6) is 0 Å². The highest BCUT2D eigenvalue weighted by atomic mass is 32.2. The average Bonchev–Trinajstić information content (AvgIpc) is 2.51. The number of carboxylic acid groups (broad SMARTS) is 1. The number of aromatic carboxylic acids is 1. The van der Waals surface area contributed by atoms with Crippen molar-refractivity contribution < 1.29 is 18.3 Å². The number of sulfone groups is 1. The standard InChI is InChI=1S/C11H10O4S2/c1-16-5-7-6-17(14,15)10-8(7)3-2-4-9(10)11(12)13/h2-4,6H,5H2,1H3,(H,12,13). The third-order valence-corrected chi connectivity index (χ3v) is 4.68. The van der Waals surface area contributed by atoms with Crippen LogP contribution in [0, 0.1) is 0 Å². The van der Waals surface area contributed by atoms with E-state index in [-0.39, 0.29) is 10.5 Å². The van der Waals surface area contributed by atoms with E-state index in [2.05, 4.69) is 0 Å². The Morgan fingerprint density at radius 3 is 2.71 bits per heavy atom. The molecule has 2 rings (SSSR count). The minimum Gasteiger partial charge on any atom is -0.478 e. The van der Waals surface area contributed by atoms with Gasteiger partial charge in [-0.25, -0.2) is 13.2 Å². The molecule has 1 aliphatic rings. The average molecular weight is 270 g/mol. The lowest BCUT2D eigenvalue weighted by Gasteiger charge is -2.05. The van der Waals surface area contributed by atoms with E-state index < -0.39 is 15.8 Å². The zero-order valence-electron chi connectivity index (χ0n) is 9.00. The Morgan fingerprint density at radius 2 is 2.12 bits per heavy atom. The SMILES string of the molecule is CSCC1=CS(=O)(=O)c2c(C(=O)O)cccc21. The smallest absolute Gasteiger partial charge is 0.337 e. The molecule has 1 aromatic carbocycles. The Kier molecular flexibility index (Phi) is 3.01. The van der Waals surface area contributed by atoms with Crippen molar-refractivity contribution in [1.82, 2.24) is 0 Å². The van der Waals surface area contributed by atoms with Crippen molar-refractivity contribution >= 4 is 33.1 Å². The van der Waals surface area contributed by atoms with Crippen LogP contribution in [0.1, 0.15) is 15.9 Å². The van der Waals surface area contributed by atoms with Gasteiger partial charge in [0.1, 0.15) is 0 Å². The molecule has 0 spiro atoms. The first-order valence-corrected chi connectivity index (χ1v) is 7.72. The van der Waals surface area contributed by atoms with Crippen LogP contribution in [0.4, 0.5) is 0 Å². The highest BCUT2D eigenvalue weighted by molar-refractivity contribution is 7.99. The molecule has 1 aromatic rings. The lowest BCUT2D eigenvalue weighted by Crippen LogP contribution is -2.06. The second-order valence-electron chi connectivity index (χ2n) is 3.61. The summed E-state index contributed by atoms with van der Waals surface area (Å²) in [6.07, 6.45) is 1.87. The summed E-state index contributed by atoms with van der Waals surface area (Å²) in [5, 5.41) is 10.2. The van der Waals surface area contributed by atoms with E-state index in [0.29, 0.717) is 16.9 Å². The summed E-state index contributed by atoms with van der Waals surface area (Å²) >= 11 is 1.50. The van der Waals surface area contributed by atoms with E-state index in [1.807, 2.05) is 6.26 Å². The van der Waals surface area contributed by atoms with Crippen LogP contribution in [0.2, 0.25) is 0 Å². The molecule has 0 aromatic heterocycles. The predicted molar refractivity (Wildman–Crippen MR) is 66.9 cm³/mol. The molecule has 0 amide bonds. The molecule has 0 saturated carbocycles. The summed E-state index contributed by atoms with van der Waals surface area (Å²) in [7, 11) is -3.61. The molecule has 4 nitrogen and oxygen atoms in total. The maximum atomic E-state index is 11.9. The highest BCUT2D eigenvalue weighted by Gasteiger charge is 2.31. The van der Waals surface area contributed by atoms with Gasteiger partial charge in [0.25, 0.3) is 0 Å². The van der Waals surface area contributed by atoms with Crippen LogP contribution in [0.25, 0.3) is 5.57 Å². The zero-order chi connectivity index (χ0) is 12.6. The van der Waals surface area contributed by atoms with Gasteiger partial charge in [0.05, 0.1) is 10.5 Å². The van der Waals surface area contributed by atoms with Crippen molar-refractivity contribution in [2.24, 2.45) is 0 Å². The Balaban J connectivity index is 2.72. The highest BCUT2D eigenvalue weighted by Crippen LogP contribution is 2.36. The lowest BCUT2D eigenvalue weighted by atomic mass is 10.1. The van der Waals surface area contributed by atoms with E-state index in [9.17, 15) is 13.2 Å². The Morgan fingerprint density at radius 1 is 1.41 bits per heavy atom. The first-order valence-electron chi connectivity index (χ1n) is 4.78. The molecule has 17 heavy (non-hydrogen) atoms. The molecule has 0 aliphatic carbocycles. The topological polar surface area (TPSA) is 71.4 Å². The van der Waals surface area contributed by atoms with Crippen LogP contribution in [0.15, 0.2) is 28.5 Å². The molecule has 0 atom stereocenters. The molecular weight excluding hydrogens is 260 g/mol. The summed E-state index contributed by atoms with van der Waals surface area (Å²) in [4.78, 5) is 10.9. The minimum atomic E-state index is -3.61. The van der Waals surface area contributed by atoms with Gasteiger partial charge in [-0.05, 0) is 23.5 Å². The Bertz CT molecular complexity index is 614. The summed E-state index contributed by atoms with van der Waals surface area (Å²) in [6.45, 7) is 0. The van der Waals surface area contributed by atoms with Crippen molar-refractivity contribution in [2.75, 3.05) is 12.0 Å². The molecule has 0 saturated heterocycles. The summed E-state index contributed by atoms with van der Waals surface area (Å²) < 4.78 is 23.8. The predicted octanol–water partition coefficient (Wildman–Crippen LogP) is 1.88. The molecule has 1 N–H and O–H groups in total. The quantitative estimate of drug-likeness (QED) is 0.908. The molecule has 1 heterocycles. The number of fused-ring (bicyclic) bond motifs is 1. The van der Waals surface area contributed by atoms with Gasteiger partial charge in [0.2, 0.25) is 9.84 Å². The van der Waals surface area contributed by atoms with Crippen molar-refractivity contribution in [1.29, 1.82) is 0 Å². The van der Waals surface area contributed by atoms with Crippen molar-refractivity contribution in [3.8, 4) is 0 Å². The van der Waals surface area contributed by atoms with E-state index in [1.165, 1.54) is 23.2 Å². The van der Waals surface area contributed by atoms with E-state index in [1.54, 1.807) is 12.1 Å². The molecule has 1 aliphatic heterocycles. The van der Waals surface area contributed by atoms with Gasteiger partial charge >= 0.3 is 5.97 Å². The van der Waals surface area contributed by atoms with Gasteiger partial charge in [-0.2, -0.15) is 11.8 Å². The fraction of sp³-hybridized carbons (Fsp3) is 0.182. The van der Waals surface area contributed by atoms with E-state index in [0.717, 1.165) is 0 Å². The Hall–Kier alpha value is -1.27. The monoisotopic (exact) mass is 270 g/mol. The summed E-state index contributed by atoms with van der Waals surface area (Å²) in [6, 6.07) is 4.53. The number of carboxylic acids is 1. The van der Waals surface area contributed by atoms with Gasteiger partial charge in [-0.3, -0.25) is 0 Å². The van der Waals surface area contributed by atoms with Crippen LogP contribution in [0.3, 0.4) is 0 Å². The lowest BCUT2D eigenvalue weighted by molar-refractivity contribution is 0.0692. The largest absolute Gasteiger partial charge is 0.478 e. The molecule has 0 bridgehead atoms. The van der Waals surface area contributed by atoms with Crippen LogP contribution in [-0.2, 0) is 9.84 Å². The molecular formula is C11H10O4S2. The summed E-state index contributed by atoms with van der Waals surface area (Å²) in [5.41, 5.74) is 1.02. The number of carbonyl (C=O) groups is 1. The maximum absolute atomic E-state index is 11.9. The first-order chi connectivity index (χ1) is 7.97. The number of rotatable bonds is 3. The number of thioether (sulfide) groups is 1. The molecule has 0 radical (unpaired) electrons. The van der Waals surface area contributed by atoms with Gasteiger partial charge in [0, 0.05) is 11.2 Å². The fourth-order valence-corrected chi connectivity index (χ4v) is 4.17. The minimum absolute atomic E-state index is 0.0726. The number of hydrogen-bond acceptors (Lipinski definition) is 4. The maximum Gasteiger partial charge on any atom is 0.337 e. The van der Waals surface area contributed by atoms with E-state index >= 15 is 0 Å². The number of benzene rings is 1. The van der Waals surface area contributed by atoms with Gasteiger partial charge in [0.15, 0.2) is 0 Å². The Labute approximate surface area is 103 Å². The van der Waals surface area contributed by atoms with Gasteiger partial charge in [-0.1, -0.05) is 12.1 Å². The zero-order valence-corrected chi connectivity index (χ0v) is 10.6. The van der Waals surface area contributed by atoms with Crippen molar-refractivity contribution in [2.45, 2.75) is 4.90 Å². The number of hydrogen-bond donors (Lipinski definition) is 1. The van der Waals surface area contributed by atoms with Crippen molar-refractivity contribution in [3.63, 3.8) is 0 Å². The van der Waals surface area contributed by atoms with Crippen LogP contribution >= 0.6 is 11.8 Å². The normalized spacial score (nSPS) is 16.4. The molecule has 0 unspecified atom stereocenters. The molecule has 90 valence electrons. The van der Waals surface area contributed by atoms with Crippen LogP contribution < -0.4 is 0 Å². The fourth-order valence-electron chi connectivity index (χ4n) is 1.84.